The van der Waals surface area contributed by atoms with Gasteiger partial charge in [0.15, 0.2) is 0 Å². The lowest BCUT2D eigenvalue weighted by Crippen LogP contribution is -2.51. The molecule has 0 aromatic heterocycles. The van der Waals surface area contributed by atoms with E-state index in [0.29, 0.717) is 0 Å². The molecule has 1 aliphatic rings. The van der Waals surface area contributed by atoms with E-state index in [1.165, 1.54) is 24.5 Å². The summed E-state index contributed by atoms with van der Waals surface area (Å²) in [6.45, 7) is 3.71. The van der Waals surface area contributed by atoms with Crippen molar-refractivity contribution in [2.75, 3.05) is 0 Å². The molecule has 2 amide bonds. The number of hydrogen-bond acceptors (Lipinski definition) is 4. The van der Waals surface area contributed by atoms with Gasteiger partial charge in [-0.1, -0.05) is 54.1 Å². The highest BCUT2D eigenvalue weighted by Crippen LogP contribution is 2.24. The minimum absolute atomic E-state index is 0.0578. The van der Waals surface area contributed by atoms with E-state index in [0.717, 1.165) is 26.2 Å². The second-order valence-corrected chi connectivity index (χ2v) is 9.93. The zero-order valence-corrected chi connectivity index (χ0v) is 19.2. The molecule has 0 fully saturated rings. The molecule has 1 aliphatic heterocycles. The molecule has 2 atom stereocenters. The van der Waals surface area contributed by atoms with Crippen LogP contribution in [0.15, 0.2) is 84.0 Å². The first kappa shape index (κ1) is 22.5. The Labute approximate surface area is 193 Å². The second-order valence-electron chi connectivity index (χ2n) is 8.09. The molecule has 2 N–H and O–H groups in total. The van der Waals surface area contributed by atoms with Gasteiger partial charge in [0.2, 0.25) is 11.8 Å². The van der Waals surface area contributed by atoms with E-state index < -0.39 is 27.9 Å². The van der Waals surface area contributed by atoms with Gasteiger partial charge in [-0.3, -0.25) is 13.9 Å². The first-order valence-corrected chi connectivity index (χ1v) is 12.0. The molecule has 0 spiro atoms. The quantitative estimate of drug-likeness (QED) is 0.586. The fourth-order valence-electron chi connectivity index (χ4n) is 3.81. The first-order valence-electron chi connectivity index (χ1n) is 10.6. The van der Waals surface area contributed by atoms with Gasteiger partial charge in [0.1, 0.15) is 6.04 Å². The van der Waals surface area contributed by atoms with Gasteiger partial charge in [-0.2, -0.15) is 0 Å². The van der Waals surface area contributed by atoms with E-state index in [2.05, 4.69) is 10.6 Å². The van der Waals surface area contributed by atoms with Crippen molar-refractivity contribution in [2.45, 2.75) is 37.2 Å². The summed E-state index contributed by atoms with van der Waals surface area (Å²) in [6.07, 6.45) is 2.24. The second kappa shape index (κ2) is 9.07. The third kappa shape index (κ3) is 4.75. The SMILES string of the molecule is Cc1ccc(S(=O)(=O)N2C=CNC(=O)[C@H]2CC(=O)N[C@H](C)c2ccc3ccccc3c2)cc1. The van der Waals surface area contributed by atoms with Crippen molar-refractivity contribution in [1.82, 2.24) is 14.9 Å². The van der Waals surface area contributed by atoms with Crippen LogP contribution in [0.25, 0.3) is 10.8 Å². The van der Waals surface area contributed by atoms with Crippen molar-refractivity contribution in [2.24, 2.45) is 0 Å². The van der Waals surface area contributed by atoms with Crippen molar-refractivity contribution in [3.63, 3.8) is 0 Å². The number of nitrogens with zero attached hydrogens (tertiary/aromatic N) is 1. The molecule has 170 valence electrons. The number of nitrogens with one attached hydrogen (secondary N) is 2. The highest BCUT2D eigenvalue weighted by atomic mass is 32.2. The number of carbonyl (C=O) groups is 2. The summed E-state index contributed by atoms with van der Waals surface area (Å²) in [6, 6.07) is 18.7. The molecule has 0 unspecified atom stereocenters. The summed E-state index contributed by atoms with van der Waals surface area (Å²) < 4.78 is 27.3. The van der Waals surface area contributed by atoms with Crippen LogP contribution in [0.1, 0.15) is 30.5 Å². The van der Waals surface area contributed by atoms with Gasteiger partial charge in [0, 0.05) is 12.4 Å². The topological polar surface area (TPSA) is 95.6 Å². The van der Waals surface area contributed by atoms with Crippen LogP contribution in [-0.4, -0.2) is 30.6 Å². The predicted octanol–water partition coefficient (Wildman–Crippen LogP) is 3.38. The fraction of sp³-hybridized carbons (Fsp3) is 0.200. The smallest absolute Gasteiger partial charge is 0.264 e. The number of aryl methyl sites for hydroxylation is 1. The number of benzene rings is 3. The number of rotatable bonds is 6. The van der Waals surface area contributed by atoms with Gasteiger partial charge in [-0.15, -0.1) is 0 Å². The standard InChI is InChI=1S/C25H25N3O4S/c1-17-7-11-22(12-8-17)33(31,32)28-14-13-26-25(30)23(28)16-24(29)27-18(2)20-10-9-19-5-3-4-6-21(19)15-20/h3-15,18,23H,16H2,1-2H3,(H,26,30)(H,27,29)/t18-,23-/m1/s1. The van der Waals surface area contributed by atoms with E-state index in [1.807, 2.05) is 56.3 Å². The molecule has 1 heterocycles. The van der Waals surface area contributed by atoms with Crippen molar-refractivity contribution in [3.8, 4) is 0 Å². The Balaban J connectivity index is 1.51. The highest BCUT2D eigenvalue weighted by molar-refractivity contribution is 7.89. The average molecular weight is 464 g/mol. The molecule has 0 aliphatic carbocycles. The monoisotopic (exact) mass is 463 g/mol. The molecule has 7 nitrogen and oxygen atoms in total. The summed E-state index contributed by atoms with van der Waals surface area (Å²) in [5.41, 5.74) is 1.83. The fourth-order valence-corrected chi connectivity index (χ4v) is 5.26. The number of carbonyl (C=O) groups excluding carboxylic acids is 2. The summed E-state index contributed by atoms with van der Waals surface area (Å²) >= 11 is 0. The molecule has 8 heteroatoms. The van der Waals surface area contributed by atoms with Gasteiger partial charge in [-0.25, -0.2) is 8.42 Å². The van der Waals surface area contributed by atoms with Gasteiger partial charge < -0.3 is 10.6 Å². The molecule has 0 radical (unpaired) electrons. The van der Waals surface area contributed by atoms with Crippen LogP contribution < -0.4 is 10.6 Å². The van der Waals surface area contributed by atoms with Crippen LogP contribution in [0.4, 0.5) is 0 Å². The number of hydrogen-bond donors (Lipinski definition) is 2. The zero-order valence-electron chi connectivity index (χ0n) is 18.4. The Morgan fingerprint density at radius 1 is 1.06 bits per heavy atom. The molecule has 0 saturated heterocycles. The van der Waals surface area contributed by atoms with Gasteiger partial charge in [0.25, 0.3) is 10.0 Å². The lowest BCUT2D eigenvalue weighted by molar-refractivity contribution is -0.129. The first-order chi connectivity index (χ1) is 15.8. The zero-order chi connectivity index (χ0) is 23.6. The number of sulfonamides is 1. The summed E-state index contributed by atoms with van der Waals surface area (Å²) in [4.78, 5) is 25.4. The van der Waals surface area contributed by atoms with E-state index in [9.17, 15) is 18.0 Å². The van der Waals surface area contributed by atoms with Crippen molar-refractivity contribution < 1.29 is 18.0 Å². The van der Waals surface area contributed by atoms with Crippen molar-refractivity contribution in [3.05, 3.63) is 90.3 Å². The average Bonchev–Trinajstić information content (AvgIpc) is 2.80. The van der Waals surface area contributed by atoms with E-state index in [1.54, 1.807) is 12.1 Å². The molecule has 4 rings (SSSR count). The molecule has 3 aromatic rings. The highest BCUT2D eigenvalue weighted by Gasteiger charge is 2.37. The minimum Gasteiger partial charge on any atom is -0.350 e. The van der Waals surface area contributed by atoms with Gasteiger partial charge in [-0.05, 0) is 48.4 Å². The molecular formula is C25H25N3O4S. The Kier molecular flexibility index (Phi) is 6.20. The summed E-state index contributed by atoms with van der Waals surface area (Å²) in [5.74, 6) is -0.975. The lowest BCUT2D eigenvalue weighted by Gasteiger charge is -2.31. The van der Waals surface area contributed by atoms with E-state index >= 15 is 0 Å². The van der Waals surface area contributed by atoms with Crippen LogP contribution in [-0.2, 0) is 19.6 Å². The Bertz CT molecular complexity index is 1330. The molecule has 3 aromatic carbocycles. The van der Waals surface area contributed by atoms with Crippen LogP contribution in [0.3, 0.4) is 0 Å². The number of amides is 2. The predicted molar refractivity (Wildman–Crippen MR) is 126 cm³/mol. The van der Waals surface area contributed by atoms with Gasteiger partial charge in [0.05, 0.1) is 17.4 Å². The van der Waals surface area contributed by atoms with Crippen LogP contribution in [0.2, 0.25) is 0 Å². The Morgan fingerprint density at radius 3 is 2.48 bits per heavy atom. The van der Waals surface area contributed by atoms with Crippen molar-refractivity contribution >= 4 is 32.6 Å². The molecule has 0 saturated carbocycles. The Morgan fingerprint density at radius 2 is 1.76 bits per heavy atom. The van der Waals surface area contributed by atoms with Crippen LogP contribution in [0, 0.1) is 6.92 Å². The maximum absolute atomic E-state index is 13.2. The molecule has 0 bridgehead atoms. The normalized spacial score (nSPS) is 17.0. The third-order valence-electron chi connectivity index (χ3n) is 5.68. The maximum Gasteiger partial charge on any atom is 0.264 e. The lowest BCUT2D eigenvalue weighted by atomic mass is 10.0. The molecule has 33 heavy (non-hydrogen) atoms. The summed E-state index contributed by atoms with van der Waals surface area (Å²) in [5, 5.41) is 7.54. The number of fused-ring (bicyclic) bond motifs is 1. The summed E-state index contributed by atoms with van der Waals surface area (Å²) in [7, 11) is -4.01. The largest absolute Gasteiger partial charge is 0.350 e. The molecular weight excluding hydrogens is 438 g/mol. The van der Waals surface area contributed by atoms with E-state index in [4.69, 9.17) is 0 Å². The maximum atomic E-state index is 13.2. The van der Waals surface area contributed by atoms with Crippen LogP contribution >= 0.6 is 0 Å². The van der Waals surface area contributed by atoms with Crippen molar-refractivity contribution in [1.29, 1.82) is 0 Å². The van der Waals surface area contributed by atoms with E-state index in [-0.39, 0.29) is 17.4 Å². The van der Waals surface area contributed by atoms with Gasteiger partial charge >= 0.3 is 0 Å². The van der Waals surface area contributed by atoms with Crippen LogP contribution in [0.5, 0.6) is 0 Å². The Hall–Kier alpha value is -3.65. The third-order valence-corrected chi connectivity index (χ3v) is 7.48. The minimum atomic E-state index is -4.01.